The van der Waals surface area contributed by atoms with E-state index in [4.69, 9.17) is 15.1 Å². The second kappa shape index (κ2) is 11.8. The van der Waals surface area contributed by atoms with E-state index >= 15 is 0 Å². The average molecular weight is 553 g/mol. The van der Waals surface area contributed by atoms with Crippen LogP contribution in [0.5, 0.6) is 0 Å². The number of rotatable bonds is 10. The first-order valence-electron chi connectivity index (χ1n) is 8.85. The fourth-order valence-corrected chi connectivity index (χ4v) is 2.65. The normalized spacial score (nSPS) is 12.1. The smallest absolute Gasteiger partial charge is 0.277 e. The summed E-state index contributed by atoms with van der Waals surface area (Å²) in [6.07, 6.45) is 0.0457. The lowest BCUT2D eigenvalue weighted by Gasteiger charge is -2.16. The van der Waals surface area contributed by atoms with Crippen LogP contribution in [0.2, 0.25) is 0 Å². The number of anilines is 2. The van der Waals surface area contributed by atoms with Crippen molar-refractivity contribution in [1.82, 2.24) is 5.48 Å². The van der Waals surface area contributed by atoms with Gasteiger partial charge in [0, 0.05) is 9.13 Å². The number of benzene rings is 2. The van der Waals surface area contributed by atoms with Crippen molar-refractivity contribution >= 4 is 46.1 Å². The lowest BCUT2D eigenvalue weighted by Crippen LogP contribution is -2.30. The highest BCUT2D eigenvalue weighted by Crippen LogP contribution is 2.30. The summed E-state index contributed by atoms with van der Waals surface area (Å²) in [5.74, 6) is -4.57. The zero-order valence-corrected chi connectivity index (χ0v) is 18.3. The molecule has 0 aliphatic heterocycles. The molecule has 168 valence electrons. The third kappa shape index (κ3) is 6.78. The van der Waals surface area contributed by atoms with Crippen LogP contribution in [0.25, 0.3) is 0 Å². The first-order valence-corrected chi connectivity index (χ1v) is 9.93. The highest BCUT2D eigenvalue weighted by molar-refractivity contribution is 14.1. The summed E-state index contributed by atoms with van der Waals surface area (Å²) in [4.78, 5) is 22.1. The van der Waals surface area contributed by atoms with Crippen LogP contribution in [0.1, 0.15) is 22.8 Å². The predicted molar refractivity (Wildman–Crippen MR) is 114 cm³/mol. The molecule has 8 nitrogen and oxygen atoms in total. The summed E-state index contributed by atoms with van der Waals surface area (Å²) >= 11 is 1.88. The van der Waals surface area contributed by atoms with E-state index in [0.717, 1.165) is 12.3 Å². The number of oxime groups is 1. The summed E-state index contributed by atoms with van der Waals surface area (Å²) in [6, 6.07) is 4.96. The number of hydroxylamine groups is 1. The van der Waals surface area contributed by atoms with E-state index in [2.05, 4.69) is 15.3 Å². The maximum atomic E-state index is 14.9. The second-order valence-corrected chi connectivity index (χ2v) is 7.34. The molecule has 0 aromatic heterocycles. The van der Waals surface area contributed by atoms with E-state index in [1.54, 1.807) is 0 Å². The third-order valence-corrected chi connectivity index (χ3v) is 4.40. The van der Waals surface area contributed by atoms with Gasteiger partial charge in [-0.15, -0.1) is 0 Å². The van der Waals surface area contributed by atoms with Crippen molar-refractivity contribution < 1.29 is 37.9 Å². The van der Waals surface area contributed by atoms with Gasteiger partial charge in [0.05, 0.1) is 36.4 Å². The molecule has 0 spiro atoms. The Morgan fingerprint density at radius 3 is 2.65 bits per heavy atom. The molecule has 0 aliphatic rings. The largest absolute Gasteiger partial charge is 0.394 e. The first-order chi connectivity index (χ1) is 14.8. The molecule has 2 aromatic carbocycles. The fourth-order valence-electron chi connectivity index (χ4n) is 2.20. The molecule has 1 unspecified atom stereocenters. The lowest BCUT2D eigenvalue weighted by molar-refractivity contribution is -0.0304. The summed E-state index contributed by atoms with van der Waals surface area (Å²) in [5, 5.41) is 23.4. The van der Waals surface area contributed by atoms with Crippen LogP contribution in [-0.2, 0) is 9.68 Å². The number of carbonyl (C=O) groups excluding carboxylic acids is 1. The zero-order valence-electron chi connectivity index (χ0n) is 16.2. The van der Waals surface area contributed by atoms with E-state index in [-0.39, 0.29) is 18.9 Å². The highest BCUT2D eigenvalue weighted by atomic mass is 127. The first kappa shape index (κ1) is 24.8. The minimum Gasteiger partial charge on any atom is -0.394 e. The molecular formula is C19H19F3IN3O5. The predicted octanol–water partition coefficient (Wildman–Crippen LogP) is 2.84. The molecule has 12 heteroatoms. The average Bonchev–Trinajstić information content (AvgIpc) is 2.75. The molecule has 0 bridgehead atoms. The van der Waals surface area contributed by atoms with Gasteiger partial charge in [0.2, 0.25) is 0 Å². The van der Waals surface area contributed by atoms with Crippen molar-refractivity contribution in [2.75, 3.05) is 25.1 Å². The van der Waals surface area contributed by atoms with Gasteiger partial charge < -0.3 is 20.4 Å². The number of nitrogens with zero attached hydrogens (tertiary/aromatic N) is 1. The molecule has 31 heavy (non-hydrogen) atoms. The van der Waals surface area contributed by atoms with E-state index < -0.39 is 52.9 Å². The molecule has 0 radical (unpaired) electrons. The van der Waals surface area contributed by atoms with Crippen molar-refractivity contribution in [3.8, 4) is 0 Å². The number of hydrogen-bond acceptors (Lipinski definition) is 7. The Bertz CT molecular complexity index is 962. The van der Waals surface area contributed by atoms with Gasteiger partial charge in [0.25, 0.3) is 5.91 Å². The molecule has 2 rings (SSSR count). The molecule has 1 amide bonds. The number of hydrogen-bond donors (Lipinski definition) is 4. The number of halogens is 4. The summed E-state index contributed by atoms with van der Waals surface area (Å²) < 4.78 is 44.2. The molecule has 0 saturated heterocycles. The van der Waals surface area contributed by atoms with Gasteiger partial charge in [-0.3, -0.25) is 9.63 Å². The molecular weight excluding hydrogens is 534 g/mol. The standard InChI is InChI=1S/C19H19F3IN3O5/c1-10(9-28)31-26-19(29)13-6-11(8-24-30-5-4-27)16(21)17(22)18(13)25-15-3-2-12(23)7-14(15)20/h2-3,6-8,10,25,27-28H,4-5,9H2,1H3,(H,26,29)/b24-8+. The number of nitrogens with one attached hydrogen (secondary N) is 2. The molecule has 0 fully saturated rings. The Hall–Kier alpha value is -2.42. The van der Waals surface area contributed by atoms with Crippen LogP contribution in [-0.4, -0.2) is 48.3 Å². The maximum Gasteiger partial charge on any atom is 0.277 e. The number of carbonyl (C=O) groups is 1. The zero-order chi connectivity index (χ0) is 23.0. The number of aliphatic hydroxyl groups excluding tert-OH is 2. The van der Waals surface area contributed by atoms with Gasteiger partial charge >= 0.3 is 0 Å². The minimum atomic E-state index is -1.47. The van der Waals surface area contributed by atoms with Crippen molar-refractivity contribution in [1.29, 1.82) is 0 Å². The van der Waals surface area contributed by atoms with Crippen LogP contribution in [0, 0.1) is 21.0 Å². The topological polar surface area (TPSA) is 112 Å². The van der Waals surface area contributed by atoms with Crippen LogP contribution < -0.4 is 10.8 Å². The summed E-state index contributed by atoms with van der Waals surface area (Å²) in [5.41, 5.74) is 0.327. The lowest BCUT2D eigenvalue weighted by atomic mass is 10.1. The minimum absolute atomic E-state index is 0.174. The molecule has 2 aromatic rings. The molecule has 0 heterocycles. The Morgan fingerprint density at radius 1 is 1.26 bits per heavy atom. The second-order valence-electron chi connectivity index (χ2n) is 6.10. The number of amides is 1. The molecule has 0 aliphatic carbocycles. The van der Waals surface area contributed by atoms with Gasteiger partial charge in [0.1, 0.15) is 18.5 Å². The Kier molecular flexibility index (Phi) is 9.48. The summed E-state index contributed by atoms with van der Waals surface area (Å²) in [6.45, 7) is 0.540. The van der Waals surface area contributed by atoms with Crippen molar-refractivity contribution in [2.24, 2.45) is 5.16 Å². The maximum absolute atomic E-state index is 14.9. The Balaban J connectivity index is 2.48. The fraction of sp³-hybridized carbons (Fsp3) is 0.263. The summed E-state index contributed by atoms with van der Waals surface area (Å²) in [7, 11) is 0. The van der Waals surface area contributed by atoms with Crippen LogP contribution >= 0.6 is 22.6 Å². The van der Waals surface area contributed by atoms with E-state index in [0.29, 0.717) is 3.57 Å². The van der Waals surface area contributed by atoms with E-state index in [1.165, 1.54) is 25.1 Å². The van der Waals surface area contributed by atoms with Gasteiger partial charge in [-0.2, -0.15) is 0 Å². The third-order valence-electron chi connectivity index (χ3n) is 3.73. The van der Waals surface area contributed by atoms with Gasteiger partial charge in [-0.05, 0) is 53.8 Å². The van der Waals surface area contributed by atoms with Crippen LogP contribution in [0.4, 0.5) is 24.5 Å². The van der Waals surface area contributed by atoms with Crippen LogP contribution in [0.3, 0.4) is 0 Å². The van der Waals surface area contributed by atoms with E-state index in [9.17, 15) is 18.0 Å². The van der Waals surface area contributed by atoms with E-state index in [1.807, 2.05) is 28.1 Å². The Labute approximate surface area is 189 Å². The SMILES string of the molecule is CC(CO)ONC(=O)c1cc(/C=N/OCCO)c(F)c(F)c1Nc1ccc(I)cc1F. The number of aliphatic hydroxyl groups is 2. The quantitative estimate of drug-likeness (QED) is 0.156. The van der Waals surface area contributed by atoms with Gasteiger partial charge in [0.15, 0.2) is 11.6 Å². The monoisotopic (exact) mass is 553 g/mol. The molecule has 1 atom stereocenters. The van der Waals surface area contributed by atoms with Crippen molar-refractivity contribution in [2.45, 2.75) is 13.0 Å². The van der Waals surface area contributed by atoms with Crippen LogP contribution in [0.15, 0.2) is 29.4 Å². The van der Waals surface area contributed by atoms with Gasteiger partial charge in [-0.25, -0.2) is 18.7 Å². The van der Waals surface area contributed by atoms with Crippen molar-refractivity contribution in [3.63, 3.8) is 0 Å². The Morgan fingerprint density at radius 2 is 2.00 bits per heavy atom. The molecule has 4 N–H and O–H groups in total. The van der Waals surface area contributed by atoms with Gasteiger partial charge in [-0.1, -0.05) is 5.16 Å². The van der Waals surface area contributed by atoms with Crippen molar-refractivity contribution in [3.05, 3.63) is 56.4 Å². The highest BCUT2D eigenvalue weighted by Gasteiger charge is 2.24. The molecule has 0 saturated carbocycles.